The lowest BCUT2D eigenvalue weighted by molar-refractivity contribution is -0.0116. The van der Waals surface area contributed by atoms with Crippen molar-refractivity contribution in [3.63, 3.8) is 0 Å². The van der Waals surface area contributed by atoms with Gasteiger partial charge in [-0.05, 0) is 27.2 Å². The molecule has 0 saturated carbocycles. The van der Waals surface area contributed by atoms with Crippen LogP contribution in [0.5, 0.6) is 0 Å². The highest BCUT2D eigenvalue weighted by atomic mass is 16.5. The van der Waals surface area contributed by atoms with Gasteiger partial charge in [-0.1, -0.05) is 0 Å². The van der Waals surface area contributed by atoms with Crippen molar-refractivity contribution in [2.45, 2.75) is 45.5 Å². The highest BCUT2D eigenvalue weighted by molar-refractivity contribution is 4.70. The lowest BCUT2D eigenvalue weighted by Gasteiger charge is -2.24. The lowest BCUT2D eigenvalue weighted by atomic mass is 10.3. The minimum atomic E-state index is -0.396. The smallest absolute Gasteiger partial charge is 0.0900 e. The van der Waals surface area contributed by atoms with Crippen molar-refractivity contribution in [2.75, 3.05) is 32.8 Å². The molecule has 4 nitrogen and oxygen atoms in total. The molecule has 16 heavy (non-hydrogen) atoms. The predicted octanol–water partition coefficient (Wildman–Crippen LogP) is 0.883. The van der Waals surface area contributed by atoms with Crippen LogP contribution in [-0.2, 0) is 9.47 Å². The van der Waals surface area contributed by atoms with E-state index in [9.17, 15) is 5.11 Å². The third-order valence-corrected chi connectivity index (χ3v) is 2.63. The first-order valence-electron chi connectivity index (χ1n) is 6.21. The normalized spacial score (nSPS) is 25.7. The number of ether oxygens (including phenoxy) is 2. The first-order valence-corrected chi connectivity index (χ1v) is 6.21. The van der Waals surface area contributed by atoms with E-state index in [0.29, 0.717) is 13.2 Å². The lowest BCUT2D eigenvalue weighted by Crippen LogP contribution is -2.38. The second-order valence-electron chi connectivity index (χ2n) is 4.83. The third kappa shape index (κ3) is 5.80. The van der Waals surface area contributed by atoms with Crippen molar-refractivity contribution < 1.29 is 14.6 Å². The van der Waals surface area contributed by atoms with E-state index in [0.717, 1.165) is 26.1 Å². The van der Waals surface area contributed by atoms with Crippen molar-refractivity contribution in [2.24, 2.45) is 0 Å². The molecule has 0 bridgehead atoms. The number of hydrogen-bond donors (Lipinski definition) is 1. The average molecular weight is 231 g/mol. The van der Waals surface area contributed by atoms with Crippen molar-refractivity contribution in [3.8, 4) is 0 Å². The monoisotopic (exact) mass is 231 g/mol. The van der Waals surface area contributed by atoms with E-state index >= 15 is 0 Å². The quantitative estimate of drug-likeness (QED) is 0.763. The van der Waals surface area contributed by atoms with Gasteiger partial charge in [0.15, 0.2) is 0 Å². The van der Waals surface area contributed by atoms with Crippen LogP contribution in [0.3, 0.4) is 0 Å². The number of nitrogens with zero attached hydrogens (tertiary/aromatic N) is 1. The van der Waals surface area contributed by atoms with Gasteiger partial charge in [0.2, 0.25) is 0 Å². The Hall–Kier alpha value is -0.160. The number of aliphatic hydroxyl groups is 1. The maximum Gasteiger partial charge on any atom is 0.0900 e. The molecule has 1 rings (SSSR count). The fraction of sp³-hybridized carbons (Fsp3) is 1.00. The minimum Gasteiger partial charge on any atom is -0.389 e. The number of hydrogen-bond acceptors (Lipinski definition) is 4. The molecule has 0 aromatic carbocycles. The molecule has 0 aromatic heterocycles. The van der Waals surface area contributed by atoms with Crippen LogP contribution in [-0.4, -0.2) is 61.2 Å². The molecule has 1 aliphatic rings. The summed E-state index contributed by atoms with van der Waals surface area (Å²) < 4.78 is 11.0. The Balaban J connectivity index is 2.23. The molecule has 0 radical (unpaired) electrons. The largest absolute Gasteiger partial charge is 0.389 e. The molecule has 0 amide bonds. The predicted molar refractivity (Wildman–Crippen MR) is 63.6 cm³/mol. The van der Waals surface area contributed by atoms with Crippen molar-refractivity contribution in [1.82, 2.24) is 4.90 Å². The summed E-state index contributed by atoms with van der Waals surface area (Å²) >= 11 is 0. The summed E-state index contributed by atoms with van der Waals surface area (Å²) in [5.74, 6) is 0. The van der Waals surface area contributed by atoms with Crippen LogP contribution in [0.25, 0.3) is 0 Å². The van der Waals surface area contributed by atoms with Crippen LogP contribution in [0.15, 0.2) is 0 Å². The molecule has 1 heterocycles. The fourth-order valence-electron chi connectivity index (χ4n) is 1.90. The number of aliphatic hydroxyl groups excluding tert-OH is 1. The molecule has 0 aliphatic carbocycles. The molecule has 1 N–H and O–H groups in total. The maximum atomic E-state index is 9.82. The van der Waals surface area contributed by atoms with Gasteiger partial charge in [-0.15, -0.1) is 0 Å². The summed E-state index contributed by atoms with van der Waals surface area (Å²) in [4.78, 5) is 2.26. The zero-order valence-corrected chi connectivity index (χ0v) is 10.7. The van der Waals surface area contributed by atoms with Crippen molar-refractivity contribution >= 4 is 0 Å². The van der Waals surface area contributed by atoms with E-state index < -0.39 is 6.10 Å². The second-order valence-corrected chi connectivity index (χ2v) is 4.83. The summed E-state index contributed by atoms with van der Waals surface area (Å²) in [6.45, 7) is 9.88. The van der Waals surface area contributed by atoms with Gasteiger partial charge in [-0.2, -0.15) is 0 Å². The van der Waals surface area contributed by atoms with Gasteiger partial charge >= 0.3 is 0 Å². The highest BCUT2D eigenvalue weighted by Gasteiger charge is 2.17. The molecule has 96 valence electrons. The van der Waals surface area contributed by atoms with E-state index in [-0.39, 0.29) is 12.2 Å². The molecular formula is C12H25NO3. The first-order chi connectivity index (χ1) is 7.58. The van der Waals surface area contributed by atoms with Gasteiger partial charge in [-0.25, -0.2) is 0 Å². The molecule has 1 saturated heterocycles. The Morgan fingerprint density at radius 3 is 2.94 bits per heavy atom. The standard InChI is InChI=1S/C12H25NO3/c1-10(2)16-9-12(14)8-13-5-4-6-15-11(3)7-13/h10-12,14H,4-9H2,1-3H3. The van der Waals surface area contributed by atoms with Crippen LogP contribution in [0.4, 0.5) is 0 Å². The van der Waals surface area contributed by atoms with Gasteiger partial charge in [0.1, 0.15) is 0 Å². The minimum absolute atomic E-state index is 0.182. The van der Waals surface area contributed by atoms with Gasteiger partial charge in [0.25, 0.3) is 0 Å². The summed E-state index contributed by atoms with van der Waals surface area (Å²) in [6.07, 6.45) is 1.09. The topological polar surface area (TPSA) is 41.9 Å². The summed E-state index contributed by atoms with van der Waals surface area (Å²) in [6, 6.07) is 0. The molecule has 2 unspecified atom stereocenters. The van der Waals surface area contributed by atoms with E-state index in [2.05, 4.69) is 11.8 Å². The zero-order valence-electron chi connectivity index (χ0n) is 10.7. The zero-order chi connectivity index (χ0) is 12.0. The van der Waals surface area contributed by atoms with Gasteiger partial charge in [0, 0.05) is 26.2 Å². The average Bonchev–Trinajstić information content (AvgIpc) is 2.40. The Kier molecular flexibility index (Phi) is 6.28. The maximum absolute atomic E-state index is 9.82. The van der Waals surface area contributed by atoms with E-state index in [4.69, 9.17) is 9.47 Å². The van der Waals surface area contributed by atoms with Crippen LogP contribution in [0.2, 0.25) is 0 Å². The Labute approximate surface area is 98.5 Å². The first kappa shape index (κ1) is 13.9. The third-order valence-electron chi connectivity index (χ3n) is 2.63. The van der Waals surface area contributed by atoms with Crippen LogP contribution < -0.4 is 0 Å². The van der Waals surface area contributed by atoms with Crippen molar-refractivity contribution in [1.29, 1.82) is 0 Å². The molecule has 0 spiro atoms. The summed E-state index contributed by atoms with van der Waals surface area (Å²) in [7, 11) is 0. The van der Waals surface area contributed by atoms with Crippen LogP contribution in [0.1, 0.15) is 27.2 Å². The molecule has 0 aromatic rings. The highest BCUT2D eigenvalue weighted by Crippen LogP contribution is 2.06. The van der Waals surface area contributed by atoms with Crippen LogP contribution in [0, 0.1) is 0 Å². The molecule has 4 heteroatoms. The Bertz CT molecular complexity index is 187. The summed E-state index contributed by atoms with van der Waals surface area (Å²) in [5.41, 5.74) is 0. The number of β-amino-alcohol motifs (C(OH)–C–C–N with tert-alkyl or cyclic N) is 1. The Morgan fingerprint density at radius 2 is 2.25 bits per heavy atom. The molecule has 1 aliphatic heterocycles. The van der Waals surface area contributed by atoms with Crippen molar-refractivity contribution in [3.05, 3.63) is 0 Å². The Morgan fingerprint density at radius 1 is 1.50 bits per heavy atom. The van der Waals surface area contributed by atoms with Gasteiger partial charge < -0.3 is 14.6 Å². The molecular weight excluding hydrogens is 206 g/mol. The second kappa shape index (κ2) is 7.22. The summed E-state index contributed by atoms with van der Waals surface area (Å²) in [5, 5.41) is 9.82. The van der Waals surface area contributed by atoms with Crippen LogP contribution >= 0.6 is 0 Å². The molecule has 2 atom stereocenters. The van der Waals surface area contributed by atoms with E-state index in [1.165, 1.54) is 0 Å². The van der Waals surface area contributed by atoms with E-state index in [1.807, 2.05) is 13.8 Å². The fourth-order valence-corrected chi connectivity index (χ4v) is 1.90. The van der Waals surface area contributed by atoms with Gasteiger partial charge in [0.05, 0.1) is 24.9 Å². The number of rotatable bonds is 5. The molecule has 1 fully saturated rings. The van der Waals surface area contributed by atoms with Gasteiger partial charge in [-0.3, -0.25) is 4.90 Å². The SMILES string of the molecule is CC(C)OCC(O)CN1CCCOC(C)C1. The van der Waals surface area contributed by atoms with E-state index in [1.54, 1.807) is 0 Å².